The molecule has 2 rings (SSSR count). The van der Waals surface area contributed by atoms with Crippen molar-refractivity contribution in [3.05, 3.63) is 39.0 Å². The maximum absolute atomic E-state index is 11.8. The van der Waals surface area contributed by atoms with Crippen molar-refractivity contribution in [3.63, 3.8) is 0 Å². The molecule has 0 aliphatic rings. The van der Waals surface area contributed by atoms with Gasteiger partial charge in [-0.2, -0.15) is 0 Å². The van der Waals surface area contributed by atoms with E-state index in [1.807, 2.05) is 0 Å². The minimum atomic E-state index is -1.16. The molecule has 2 heterocycles. The van der Waals surface area contributed by atoms with E-state index in [2.05, 4.69) is 31.2 Å². The molecule has 0 saturated carbocycles. The van der Waals surface area contributed by atoms with Crippen molar-refractivity contribution >= 4 is 44.8 Å². The molecule has 0 saturated heterocycles. The van der Waals surface area contributed by atoms with Gasteiger partial charge in [0.15, 0.2) is 10.7 Å². The Balaban J connectivity index is 2.17. The van der Waals surface area contributed by atoms with Gasteiger partial charge in [-0.3, -0.25) is 9.78 Å². The summed E-state index contributed by atoms with van der Waals surface area (Å²) in [5.74, 6) is -1.62. The Morgan fingerprint density at radius 2 is 2.22 bits per heavy atom. The molecule has 2 N–H and O–H groups in total. The number of carboxylic acid groups (broad SMARTS) is 1. The van der Waals surface area contributed by atoms with Crippen molar-refractivity contribution in [1.29, 1.82) is 0 Å². The normalized spacial score (nSPS) is 10.1. The van der Waals surface area contributed by atoms with Crippen LogP contribution >= 0.6 is 27.3 Å². The highest BCUT2D eigenvalue weighted by Gasteiger charge is 2.15. The predicted molar refractivity (Wildman–Crippen MR) is 69.0 cm³/mol. The van der Waals surface area contributed by atoms with Crippen LogP contribution in [0.3, 0.4) is 0 Å². The Labute approximate surface area is 114 Å². The Kier molecular flexibility index (Phi) is 3.68. The standard InChI is InChI=1S/C10H6BrN3O3S/c11-5-3-12-2-1-6(5)13-8(15)9-14-7(4-18-9)10(16)17/h1-4H,(H,16,17)(H,12,13,15). The van der Waals surface area contributed by atoms with E-state index in [-0.39, 0.29) is 10.7 Å². The van der Waals surface area contributed by atoms with Gasteiger partial charge in [0.2, 0.25) is 0 Å². The predicted octanol–water partition coefficient (Wildman–Crippen LogP) is 2.25. The van der Waals surface area contributed by atoms with Crippen molar-refractivity contribution in [2.75, 3.05) is 5.32 Å². The van der Waals surface area contributed by atoms with Gasteiger partial charge in [-0.05, 0) is 22.0 Å². The smallest absolute Gasteiger partial charge is 0.355 e. The van der Waals surface area contributed by atoms with Crippen LogP contribution in [-0.2, 0) is 0 Å². The minimum absolute atomic E-state index is 0.0936. The second-order valence-corrected chi connectivity index (χ2v) is 4.87. The molecule has 0 radical (unpaired) electrons. The SMILES string of the molecule is O=C(O)c1csc(C(=O)Nc2ccncc2Br)n1. The van der Waals surface area contributed by atoms with Crippen LogP contribution in [0.5, 0.6) is 0 Å². The summed E-state index contributed by atoms with van der Waals surface area (Å²) < 4.78 is 0.633. The van der Waals surface area contributed by atoms with E-state index in [0.717, 1.165) is 11.3 Å². The number of aromatic nitrogens is 2. The van der Waals surface area contributed by atoms with Gasteiger partial charge in [0, 0.05) is 17.8 Å². The molecule has 0 aromatic carbocycles. The summed E-state index contributed by atoms with van der Waals surface area (Å²) in [7, 11) is 0. The average molecular weight is 328 g/mol. The highest BCUT2D eigenvalue weighted by molar-refractivity contribution is 9.10. The molecule has 6 nitrogen and oxygen atoms in total. The maximum Gasteiger partial charge on any atom is 0.355 e. The molecular formula is C10H6BrN3O3S. The summed E-state index contributed by atoms with van der Waals surface area (Å²) in [6.45, 7) is 0. The van der Waals surface area contributed by atoms with Gasteiger partial charge >= 0.3 is 5.97 Å². The van der Waals surface area contributed by atoms with E-state index < -0.39 is 11.9 Å². The Bertz CT molecular complexity index is 614. The number of halogens is 1. The van der Waals surface area contributed by atoms with Gasteiger partial charge in [-0.15, -0.1) is 11.3 Å². The number of hydrogen-bond donors (Lipinski definition) is 2. The molecule has 0 atom stereocenters. The van der Waals surface area contributed by atoms with Crippen LogP contribution in [0.1, 0.15) is 20.3 Å². The lowest BCUT2D eigenvalue weighted by Gasteiger charge is -2.04. The number of aromatic carboxylic acids is 1. The molecule has 1 amide bonds. The first-order valence-electron chi connectivity index (χ1n) is 4.67. The first-order chi connectivity index (χ1) is 8.58. The summed E-state index contributed by atoms with van der Waals surface area (Å²) in [6.07, 6.45) is 3.07. The number of carbonyl (C=O) groups is 2. The molecule has 0 spiro atoms. The quantitative estimate of drug-likeness (QED) is 0.901. The van der Waals surface area contributed by atoms with E-state index in [0.29, 0.717) is 10.2 Å². The molecule has 2 aromatic heterocycles. The first-order valence-corrected chi connectivity index (χ1v) is 6.35. The van der Waals surface area contributed by atoms with Crippen LogP contribution in [0.25, 0.3) is 0 Å². The van der Waals surface area contributed by atoms with E-state index >= 15 is 0 Å². The number of hydrogen-bond acceptors (Lipinski definition) is 5. The minimum Gasteiger partial charge on any atom is -0.476 e. The molecule has 18 heavy (non-hydrogen) atoms. The fourth-order valence-electron chi connectivity index (χ4n) is 1.13. The van der Waals surface area contributed by atoms with Gasteiger partial charge < -0.3 is 10.4 Å². The highest BCUT2D eigenvalue weighted by atomic mass is 79.9. The molecule has 0 aliphatic heterocycles. The Morgan fingerprint density at radius 1 is 1.44 bits per heavy atom. The third-order valence-electron chi connectivity index (χ3n) is 1.94. The number of amides is 1. The number of rotatable bonds is 3. The van der Waals surface area contributed by atoms with Crippen LogP contribution in [0.4, 0.5) is 5.69 Å². The van der Waals surface area contributed by atoms with Crippen molar-refractivity contribution < 1.29 is 14.7 Å². The number of thiazole rings is 1. The summed E-state index contributed by atoms with van der Waals surface area (Å²) in [4.78, 5) is 30.0. The van der Waals surface area contributed by atoms with Crippen molar-refractivity contribution in [1.82, 2.24) is 9.97 Å². The third kappa shape index (κ3) is 2.71. The van der Waals surface area contributed by atoms with Gasteiger partial charge in [0.05, 0.1) is 10.2 Å². The monoisotopic (exact) mass is 327 g/mol. The number of nitrogens with one attached hydrogen (secondary N) is 1. The molecule has 0 bridgehead atoms. The van der Waals surface area contributed by atoms with E-state index in [9.17, 15) is 9.59 Å². The zero-order valence-electron chi connectivity index (χ0n) is 8.75. The van der Waals surface area contributed by atoms with Crippen LogP contribution in [0, 0.1) is 0 Å². The summed E-state index contributed by atoms with van der Waals surface area (Å²) >= 11 is 4.21. The van der Waals surface area contributed by atoms with E-state index in [1.165, 1.54) is 11.6 Å². The topological polar surface area (TPSA) is 92.2 Å². The fraction of sp³-hybridized carbons (Fsp3) is 0. The van der Waals surface area contributed by atoms with Gasteiger partial charge in [-0.25, -0.2) is 9.78 Å². The van der Waals surface area contributed by atoms with Crippen LogP contribution in [0.2, 0.25) is 0 Å². The second kappa shape index (κ2) is 5.23. The van der Waals surface area contributed by atoms with Gasteiger partial charge in [-0.1, -0.05) is 0 Å². The molecule has 0 unspecified atom stereocenters. The molecule has 0 aliphatic carbocycles. The summed E-state index contributed by atoms with van der Waals surface area (Å²) in [5, 5.41) is 12.7. The molecule has 0 fully saturated rings. The number of anilines is 1. The molecule has 92 valence electrons. The average Bonchev–Trinajstić information content (AvgIpc) is 2.81. The lowest BCUT2D eigenvalue weighted by Crippen LogP contribution is -2.12. The third-order valence-corrected chi connectivity index (χ3v) is 3.41. The van der Waals surface area contributed by atoms with Crippen LogP contribution in [0.15, 0.2) is 28.3 Å². The number of carboxylic acids is 1. The lowest BCUT2D eigenvalue weighted by molar-refractivity contribution is 0.0691. The van der Waals surface area contributed by atoms with E-state index in [1.54, 1.807) is 12.3 Å². The maximum atomic E-state index is 11.8. The molecule has 2 aromatic rings. The second-order valence-electron chi connectivity index (χ2n) is 3.15. The number of pyridine rings is 1. The largest absolute Gasteiger partial charge is 0.476 e. The van der Waals surface area contributed by atoms with Crippen molar-refractivity contribution in [2.24, 2.45) is 0 Å². The number of carbonyl (C=O) groups excluding carboxylic acids is 1. The van der Waals surface area contributed by atoms with E-state index in [4.69, 9.17) is 5.11 Å². The van der Waals surface area contributed by atoms with Crippen molar-refractivity contribution in [3.8, 4) is 0 Å². The Hall–Kier alpha value is -1.80. The first kappa shape index (κ1) is 12.7. The lowest BCUT2D eigenvalue weighted by atomic mass is 10.4. The number of nitrogens with zero attached hydrogens (tertiary/aromatic N) is 2. The van der Waals surface area contributed by atoms with Crippen LogP contribution < -0.4 is 5.32 Å². The Morgan fingerprint density at radius 3 is 2.83 bits per heavy atom. The van der Waals surface area contributed by atoms with Crippen molar-refractivity contribution in [2.45, 2.75) is 0 Å². The highest BCUT2D eigenvalue weighted by Crippen LogP contribution is 2.21. The zero-order chi connectivity index (χ0) is 13.1. The van der Waals surface area contributed by atoms with Gasteiger partial charge in [0.25, 0.3) is 5.91 Å². The molecular weight excluding hydrogens is 322 g/mol. The summed E-state index contributed by atoms with van der Waals surface area (Å²) in [6, 6.07) is 1.62. The van der Waals surface area contributed by atoms with Crippen LogP contribution in [-0.4, -0.2) is 27.0 Å². The zero-order valence-corrected chi connectivity index (χ0v) is 11.2. The van der Waals surface area contributed by atoms with Gasteiger partial charge in [0.1, 0.15) is 0 Å². The fourth-order valence-corrected chi connectivity index (χ4v) is 2.16. The molecule has 8 heteroatoms. The summed E-state index contributed by atoms with van der Waals surface area (Å²) in [5.41, 5.74) is 0.404.